The lowest BCUT2D eigenvalue weighted by molar-refractivity contribution is -0.140. The van der Waals surface area contributed by atoms with E-state index < -0.39 is 17.6 Å². The van der Waals surface area contributed by atoms with Crippen LogP contribution in [0, 0.1) is 5.82 Å². The molecule has 1 aromatic carbocycles. The van der Waals surface area contributed by atoms with Gasteiger partial charge in [0.1, 0.15) is 5.82 Å². The quantitative estimate of drug-likeness (QED) is 0.816. The molecule has 1 aliphatic heterocycles. The Morgan fingerprint density at radius 3 is 2.29 bits per heavy atom. The van der Waals surface area contributed by atoms with Crippen molar-refractivity contribution in [3.63, 3.8) is 0 Å². The highest BCUT2D eigenvalue weighted by Crippen LogP contribution is 2.31. The molecule has 0 aromatic heterocycles. The normalized spacial score (nSPS) is 16.0. The van der Waals surface area contributed by atoms with Crippen LogP contribution in [0.15, 0.2) is 18.2 Å². The summed E-state index contributed by atoms with van der Waals surface area (Å²) >= 11 is 0. The number of piperidine rings is 1. The van der Waals surface area contributed by atoms with Crippen molar-refractivity contribution < 1.29 is 17.6 Å². The first kappa shape index (κ1) is 20.4. The molecule has 2 rings (SSSR count). The van der Waals surface area contributed by atoms with Crippen molar-refractivity contribution >= 4 is 24.8 Å². The molecule has 1 fully saturated rings. The van der Waals surface area contributed by atoms with Crippen LogP contribution in [0.25, 0.3) is 0 Å². The number of hydrogen-bond acceptors (Lipinski definition) is 2. The van der Waals surface area contributed by atoms with E-state index in [-0.39, 0.29) is 24.8 Å². The highest BCUT2D eigenvalue weighted by atomic mass is 35.5. The van der Waals surface area contributed by atoms with E-state index in [2.05, 4.69) is 10.6 Å². The number of benzene rings is 1. The van der Waals surface area contributed by atoms with Gasteiger partial charge in [0.2, 0.25) is 0 Å². The van der Waals surface area contributed by atoms with Crippen molar-refractivity contribution in [2.45, 2.75) is 31.6 Å². The number of nitrogens with one attached hydrogen (secondary N) is 2. The summed E-state index contributed by atoms with van der Waals surface area (Å²) in [5, 5.41) is 6.46. The maximum atomic E-state index is 13.4. The van der Waals surface area contributed by atoms with E-state index in [4.69, 9.17) is 0 Å². The molecular formula is C13H18Cl2F4N2. The molecule has 122 valence electrons. The van der Waals surface area contributed by atoms with Gasteiger partial charge in [0, 0.05) is 12.6 Å². The smallest absolute Gasteiger partial charge is 0.317 e. The average molecular weight is 349 g/mol. The minimum absolute atomic E-state index is 0. The van der Waals surface area contributed by atoms with E-state index >= 15 is 0 Å². The summed E-state index contributed by atoms with van der Waals surface area (Å²) in [6.07, 6.45) is -2.68. The number of rotatable bonds is 3. The summed E-state index contributed by atoms with van der Waals surface area (Å²) in [4.78, 5) is 0. The Hall–Kier alpha value is -0.560. The van der Waals surface area contributed by atoms with E-state index in [1.165, 1.54) is 6.07 Å². The zero-order chi connectivity index (χ0) is 13.9. The molecule has 0 spiro atoms. The van der Waals surface area contributed by atoms with Gasteiger partial charge >= 0.3 is 6.18 Å². The fourth-order valence-electron chi connectivity index (χ4n) is 2.19. The van der Waals surface area contributed by atoms with Gasteiger partial charge in [-0.1, -0.05) is 6.07 Å². The molecule has 1 aromatic rings. The van der Waals surface area contributed by atoms with Gasteiger partial charge in [-0.3, -0.25) is 0 Å². The van der Waals surface area contributed by atoms with Crippen LogP contribution in [0.2, 0.25) is 0 Å². The topological polar surface area (TPSA) is 24.1 Å². The second-order valence-corrected chi connectivity index (χ2v) is 4.72. The zero-order valence-electron chi connectivity index (χ0n) is 11.2. The first-order valence-corrected chi connectivity index (χ1v) is 6.26. The molecule has 0 atom stereocenters. The van der Waals surface area contributed by atoms with Crippen molar-refractivity contribution in [1.82, 2.24) is 10.6 Å². The molecule has 0 aliphatic carbocycles. The van der Waals surface area contributed by atoms with Gasteiger partial charge in [-0.25, -0.2) is 4.39 Å². The Morgan fingerprint density at radius 1 is 1.14 bits per heavy atom. The number of halogens is 6. The molecule has 1 aliphatic rings. The highest BCUT2D eigenvalue weighted by molar-refractivity contribution is 5.85. The highest BCUT2D eigenvalue weighted by Gasteiger charge is 2.33. The summed E-state index contributed by atoms with van der Waals surface area (Å²) < 4.78 is 50.5. The molecule has 8 heteroatoms. The van der Waals surface area contributed by atoms with Gasteiger partial charge in [0.15, 0.2) is 0 Å². The zero-order valence-corrected chi connectivity index (χ0v) is 12.8. The molecular weight excluding hydrogens is 331 g/mol. The molecule has 1 saturated heterocycles. The number of alkyl halides is 3. The van der Waals surface area contributed by atoms with Crippen molar-refractivity contribution in [3.05, 3.63) is 35.1 Å². The average Bonchev–Trinajstić information content (AvgIpc) is 2.36. The lowest BCUT2D eigenvalue weighted by Gasteiger charge is -2.23. The van der Waals surface area contributed by atoms with Gasteiger partial charge in [0.05, 0.1) is 5.56 Å². The number of hydrogen-bond donors (Lipinski definition) is 2. The maximum Gasteiger partial charge on any atom is 0.419 e. The molecule has 0 saturated carbocycles. The van der Waals surface area contributed by atoms with Crippen LogP contribution in [-0.4, -0.2) is 19.1 Å². The maximum absolute atomic E-state index is 13.4. The Morgan fingerprint density at radius 2 is 1.76 bits per heavy atom. The summed E-state index contributed by atoms with van der Waals surface area (Å²) in [7, 11) is 0. The van der Waals surface area contributed by atoms with E-state index in [0.29, 0.717) is 18.2 Å². The van der Waals surface area contributed by atoms with Crippen LogP contribution >= 0.6 is 24.8 Å². The van der Waals surface area contributed by atoms with Crippen molar-refractivity contribution in [2.24, 2.45) is 0 Å². The van der Waals surface area contributed by atoms with E-state index in [0.717, 1.165) is 38.1 Å². The minimum atomic E-state index is -4.63. The second kappa shape index (κ2) is 8.78. The SMILES string of the molecule is Cl.Cl.Fc1cc(CNC2CCNCC2)ccc1C(F)(F)F. The standard InChI is InChI=1S/C13H16F4N2.2ClH/c14-12-7-9(1-2-11(12)13(15,16)17)8-19-10-3-5-18-6-4-10;;/h1-2,7,10,18-19H,3-6,8H2;2*1H. The van der Waals surface area contributed by atoms with Gasteiger partial charge in [-0.2, -0.15) is 13.2 Å². The lowest BCUT2D eigenvalue weighted by atomic mass is 10.1. The molecule has 0 amide bonds. The molecule has 2 N–H and O–H groups in total. The van der Waals surface area contributed by atoms with Crippen LogP contribution in [0.3, 0.4) is 0 Å². The third-order valence-electron chi connectivity index (χ3n) is 3.27. The van der Waals surface area contributed by atoms with Crippen molar-refractivity contribution in [1.29, 1.82) is 0 Å². The first-order chi connectivity index (χ1) is 8.97. The van der Waals surface area contributed by atoms with Crippen LogP contribution in [0.1, 0.15) is 24.0 Å². The molecule has 2 nitrogen and oxygen atoms in total. The lowest BCUT2D eigenvalue weighted by Crippen LogP contribution is -2.39. The predicted octanol–water partition coefficient (Wildman–Crippen LogP) is 3.53. The predicted molar refractivity (Wildman–Crippen MR) is 78.6 cm³/mol. The first-order valence-electron chi connectivity index (χ1n) is 6.26. The Balaban J connectivity index is 0.00000200. The minimum Gasteiger partial charge on any atom is -0.317 e. The van der Waals surface area contributed by atoms with E-state index in [9.17, 15) is 17.6 Å². The van der Waals surface area contributed by atoms with Crippen LogP contribution < -0.4 is 10.6 Å². The Labute approximate surface area is 133 Å². The Kier molecular flexibility index (Phi) is 8.54. The summed E-state index contributed by atoms with van der Waals surface area (Å²) in [6, 6.07) is 3.41. The fourth-order valence-corrected chi connectivity index (χ4v) is 2.19. The van der Waals surface area contributed by atoms with E-state index in [1.54, 1.807) is 0 Å². The van der Waals surface area contributed by atoms with Gasteiger partial charge in [-0.05, 0) is 43.6 Å². The van der Waals surface area contributed by atoms with Gasteiger partial charge in [-0.15, -0.1) is 24.8 Å². The molecule has 1 heterocycles. The fraction of sp³-hybridized carbons (Fsp3) is 0.538. The molecule has 0 radical (unpaired) electrons. The van der Waals surface area contributed by atoms with Gasteiger partial charge < -0.3 is 10.6 Å². The molecule has 0 bridgehead atoms. The summed E-state index contributed by atoms with van der Waals surface area (Å²) in [5.41, 5.74) is -0.679. The van der Waals surface area contributed by atoms with Crippen molar-refractivity contribution in [3.8, 4) is 0 Å². The molecule has 21 heavy (non-hydrogen) atoms. The van der Waals surface area contributed by atoms with Crippen LogP contribution in [0.5, 0.6) is 0 Å². The Bertz CT molecular complexity index is 435. The van der Waals surface area contributed by atoms with Crippen molar-refractivity contribution in [2.75, 3.05) is 13.1 Å². The third-order valence-corrected chi connectivity index (χ3v) is 3.27. The van der Waals surface area contributed by atoms with E-state index in [1.807, 2.05) is 0 Å². The van der Waals surface area contributed by atoms with Gasteiger partial charge in [0.25, 0.3) is 0 Å². The third kappa shape index (κ3) is 5.98. The largest absolute Gasteiger partial charge is 0.419 e. The summed E-state index contributed by atoms with van der Waals surface area (Å²) in [5.74, 6) is -1.21. The summed E-state index contributed by atoms with van der Waals surface area (Å²) in [6.45, 7) is 2.25. The monoisotopic (exact) mass is 348 g/mol. The van der Waals surface area contributed by atoms with Crippen LogP contribution in [-0.2, 0) is 12.7 Å². The second-order valence-electron chi connectivity index (χ2n) is 4.72. The molecule has 0 unspecified atom stereocenters. The van der Waals surface area contributed by atoms with Crippen LogP contribution in [0.4, 0.5) is 17.6 Å².